The standard InChI is InChI=1S/C14H22FNO/c1-2-3-4-5-6-9-17-11-12-7-8-13(15)10-14(12)16/h7-8,10H,2-6,9,11,16H2,1H3. The van der Waals surface area contributed by atoms with Gasteiger partial charge in [0.05, 0.1) is 6.61 Å². The van der Waals surface area contributed by atoms with Crippen LogP contribution in [0.3, 0.4) is 0 Å². The number of hydrogen-bond acceptors (Lipinski definition) is 2. The van der Waals surface area contributed by atoms with E-state index in [4.69, 9.17) is 10.5 Å². The minimum Gasteiger partial charge on any atom is -0.398 e. The third-order valence-electron chi connectivity index (χ3n) is 2.76. The van der Waals surface area contributed by atoms with Gasteiger partial charge in [-0.05, 0) is 18.6 Å². The molecule has 0 saturated heterocycles. The van der Waals surface area contributed by atoms with Crippen LogP contribution in [0.15, 0.2) is 18.2 Å². The Balaban J connectivity index is 2.14. The largest absolute Gasteiger partial charge is 0.398 e. The molecule has 0 bridgehead atoms. The Bertz CT molecular complexity index is 328. The summed E-state index contributed by atoms with van der Waals surface area (Å²) in [6.45, 7) is 3.42. The summed E-state index contributed by atoms with van der Waals surface area (Å²) in [5.74, 6) is -0.300. The predicted octanol–water partition coefficient (Wildman–Crippen LogP) is 3.89. The molecule has 0 aromatic heterocycles. The summed E-state index contributed by atoms with van der Waals surface area (Å²) >= 11 is 0. The molecule has 0 aliphatic rings. The van der Waals surface area contributed by atoms with Crippen LogP contribution in [0.4, 0.5) is 10.1 Å². The number of benzene rings is 1. The van der Waals surface area contributed by atoms with Crippen molar-refractivity contribution in [1.82, 2.24) is 0 Å². The van der Waals surface area contributed by atoms with Crippen LogP contribution in [0.2, 0.25) is 0 Å². The van der Waals surface area contributed by atoms with E-state index < -0.39 is 0 Å². The van der Waals surface area contributed by atoms with E-state index >= 15 is 0 Å². The van der Waals surface area contributed by atoms with E-state index in [9.17, 15) is 4.39 Å². The summed E-state index contributed by atoms with van der Waals surface area (Å²) in [7, 11) is 0. The van der Waals surface area contributed by atoms with Crippen molar-refractivity contribution in [3.05, 3.63) is 29.6 Å². The lowest BCUT2D eigenvalue weighted by atomic mass is 10.1. The molecule has 0 saturated carbocycles. The zero-order valence-electron chi connectivity index (χ0n) is 10.5. The SMILES string of the molecule is CCCCCCCOCc1ccc(F)cc1N. The Morgan fingerprint density at radius 1 is 1.18 bits per heavy atom. The van der Waals surface area contributed by atoms with Crippen molar-refractivity contribution in [3.63, 3.8) is 0 Å². The van der Waals surface area contributed by atoms with Gasteiger partial charge in [-0.3, -0.25) is 0 Å². The van der Waals surface area contributed by atoms with Gasteiger partial charge in [-0.1, -0.05) is 38.7 Å². The van der Waals surface area contributed by atoms with Crippen molar-refractivity contribution >= 4 is 5.69 Å². The third-order valence-corrected chi connectivity index (χ3v) is 2.76. The van der Waals surface area contributed by atoms with E-state index in [0.29, 0.717) is 12.3 Å². The van der Waals surface area contributed by atoms with E-state index in [1.165, 1.54) is 37.8 Å². The highest BCUT2D eigenvalue weighted by atomic mass is 19.1. The van der Waals surface area contributed by atoms with Crippen LogP contribution in [-0.4, -0.2) is 6.61 Å². The molecule has 2 nitrogen and oxygen atoms in total. The lowest BCUT2D eigenvalue weighted by Crippen LogP contribution is -2.00. The smallest absolute Gasteiger partial charge is 0.125 e. The maximum absolute atomic E-state index is 12.8. The van der Waals surface area contributed by atoms with Crippen LogP contribution in [0, 0.1) is 5.82 Å². The van der Waals surface area contributed by atoms with Crippen LogP contribution in [0.5, 0.6) is 0 Å². The number of ether oxygens (including phenoxy) is 1. The average Bonchev–Trinajstić information content (AvgIpc) is 2.30. The molecule has 0 spiro atoms. The first-order valence-corrected chi connectivity index (χ1v) is 6.35. The fraction of sp³-hybridized carbons (Fsp3) is 0.571. The molecule has 0 fully saturated rings. The molecule has 2 N–H and O–H groups in total. The molecule has 0 amide bonds. The van der Waals surface area contributed by atoms with Crippen molar-refractivity contribution in [2.24, 2.45) is 0 Å². The van der Waals surface area contributed by atoms with Crippen molar-refractivity contribution in [2.45, 2.75) is 45.6 Å². The Labute approximate surface area is 103 Å². The van der Waals surface area contributed by atoms with E-state index in [1.807, 2.05) is 0 Å². The van der Waals surface area contributed by atoms with Crippen molar-refractivity contribution in [2.75, 3.05) is 12.3 Å². The van der Waals surface area contributed by atoms with E-state index in [1.54, 1.807) is 6.07 Å². The second kappa shape index (κ2) is 8.07. The zero-order chi connectivity index (χ0) is 12.5. The molecular formula is C14H22FNO. The molecule has 1 rings (SSSR count). The third kappa shape index (κ3) is 5.68. The summed E-state index contributed by atoms with van der Waals surface area (Å²) in [6.07, 6.45) is 6.13. The van der Waals surface area contributed by atoms with Gasteiger partial charge < -0.3 is 10.5 Å². The van der Waals surface area contributed by atoms with Crippen molar-refractivity contribution in [3.8, 4) is 0 Å². The molecule has 0 radical (unpaired) electrons. The Morgan fingerprint density at radius 3 is 2.65 bits per heavy atom. The van der Waals surface area contributed by atoms with Gasteiger partial charge in [0.25, 0.3) is 0 Å². The van der Waals surface area contributed by atoms with Crippen LogP contribution < -0.4 is 5.73 Å². The molecule has 96 valence electrons. The van der Waals surface area contributed by atoms with E-state index in [2.05, 4.69) is 6.92 Å². The molecule has 3 heteroatoms. The first-order chi connectivity index (χ1) is 8.24. The highest BCUT2D eigenvalue weighted by Gasteiger charge is 2.00. The van der Waals surface area contributed by atoms with Crippen LogP contribution in [-0.2, 0) is 11.3 Å². The summed E-state index contributed by atoms with van der Waals surface area (Å²) in [5.41, 5.74) is 7.01. The summed E-state index contributed by atoms with van der Waals surface area (Å²) in [6, 6.07) is 4.43. The fourth-order valence-electron chi connectivity index (χ4n) is 1.69. The first-order valence-electron chi connectivity index (χ1n) is 6.35. The number of anilines is 1. The van der Waals surface area contributed by atoms with Gasteiger partial charge in [-0.2, -0.15) is 0 Å². The Kier molecular flexibility index (Phi) is 6.63. The molecule has 17 heavy (non-hydrogen) atoms. The van der Waals surface area contributed by atoms with Crippen LogP contribution in [0.25, 0.3) is 0 Å². The van der Waals surface area contributed by atoms with Gasteiger partial charge in [-0.25, -0.2) is 4.39 Å². The van der Waals surface area contributed by atoms with Gasteiger partial charge in [0.15, 0.2) is 0 Å². The van der Waals surface area contributed by atoms with E-state index in [-0.39, 0.29) is 5.82 Å². The molecule has 1 aromatic rings. The Hall–Kier alpha value is -1.09. The lowest BCUT2D eigenvalue weighted by Gasteiger charge is -2.07. The number of nitrogens with two attached hydrogens (primary N) is 1. The van der Waals surface area contributed by atoms with Gasteiger partial charge in [0.2, 0.25) is 0 Å². The average molecular weight is 239 g/mol. The molecule has 0 atom stereocenters. The summed E-state index contributed by atoms with van der Waals surface area (Å²) in [4.78, 5) is 0. The fourth-order valence-corrected chi connectivity index (χ4v) is 1.69. The highest BCUT2D eigenvalue weighted by molar-refractivity contribution is 5.46. The normalized spacial score (nSPS) is 10.7. The van der Waals surface area contributed by atoms with Crippen molar-refractivity contribution < 1.29 is 9.13 Å². The van der Waals surface area contributed by atoms with Gasteiger partial charge in [0, 0.05) is 17.9 Å². The maximum Gasteiger partial charge on any atom is 0.125 e. The number of halogens is 1. The number of unbranched alkanes of at least 4 members (excludes halogenated alkanes) is 4. The van der Waals surface area contributed by atoms with Gasteiger partial charge >= 0.3 is 0 Å². The predicted molar refractivity (Wildman–Crippen MR) is 69.2 cm³/mol. The van der Waals surface area contributed by atoms with Crippen LogP contribution in [0.1, 0.15) is 44.6 Å². The molecule has 0 unspecified atom stereocenters. The lowest BCUT2D eigenvalue weighted by molar-refractivity contribution is 0.117. The summed E-state index contributed by atoms with van der Waals surface area (Å²) in [5, 5.41) is 0. The van der Waals surface area contributed by atoms with E-state index in [0.717, 1.165) is 18.6 Å². The van der Waals surface area contributed by atoms with Crippen molar-refractivity contribution in [1.29, 1.82) is 0 Å². The topological polar surface area (TPSA) is 35.2 Å². The minimum absolute atomic E-state index is 0.300. The second-order valence-electron chi connectivity index (χ2n) is 4.31. The minimum atomic E-state index is -0.300. The molecule has 0 heterocycles. The van der Waals surface area contributed by atoms with Gasteiger partial charge in [-0.15, -0.1) is 0 Å². The number of nitrogen functional groups attached to an aromatic ring is 1. The number of rotatable bonds is 8. The quantitative estimate of drug-likeness (QED) is 0.551. The first kappa shape index (κ1) is 14.0. The molecular weight excluding hydrogens is 217 g/mol. The van der Waals surface area contributed by atoms with Gasteiger partial charge in [0.1, 0.15) is 5.82 Å². The molecule has 0 aliphatic heterocycles. The maximum atomic E-state index is 12.8. The number of hydrogen-bond donors (Lipinski definition) is 1. The Morgan fingerprint density at radius 2 is 1.94 bits per heavy atom. The highest BCUT2D eigenvalue weighted by Crippen LogP contribution is 2.14. The summed E-state index contributed by atoms with van der Waals surface area (Å²) < 4.78 is 18.3. The molecule has 0 aliphatic carbocycles. The zero-order valence-corrected chi connectivity index (χ0v) is 10.5. The second-order valence-corrected chi connectivity index (χ2v) is 4.31. The monoisotopic (exact) mass is 239 g/mol. The van der Waals surface area contributed by atoms with Crippen LogP contribution >= 0.6 is 0 Å². The molecule has 1 aromatic carbocycles.